The topological polar surface area (TPSA) is 102 Å². The van der Waals surface area contributed by atoms with Gasteiger partial charge < -0.3 is 14.4 Å². The Labute approximate surface area is 152 Å². The SMILES string of the molecule is COc1ccc(S(=O)(=O)NC(=O)C2(C)CCN2C(=O)C2CC2)cc1OC. The molecule has 8 nitrogen and oxygen atoms in total. The van der Waals surface area contributed by atoms with E-state index in [2.05, 4.69) is 4.72 Å². The Morgan fingerprint density at radius 1 is 1.19 bits per heavy atom. The van der Waals surface area contributed by atoms with Gasteiger partial charge in [0.2, 0.25) is 5.91 Å². The summed E-state index contributed by atoms with van der Waals surface area (Å²) >= 11 is 0. The van der Waals surface area contributed by atoms with Crippen molar-refractivity contribution in [1.82, 2.24) is 9.62 Å². The Morgan fingerprint density at radius 2 is 1.85 bits per heavy atom. The Balaban J connectivity index is 1.78. The molecule has 1 aromatic carbocycles. The number of ether oxygens (including phenoxy) is 2. The normalized spacial score (nSPS) is 22.3. The van der Waals surface area contributed by atoms with Gasteiger partial charge in [-0.05, 0) is 38.3 Å². The van der Waals surface area contributed by atoms with Crippen molar-refractivity contribution in [3.05, 3.63) is 18.2 Å². The largest absolute Gasteiger partial charge is 0.493 e. The molecule has 2 amide bonds. The smallest absolute Gasteiger partial charge is 0.264 e. The summed E-state index contributed by atoms with van der Waals surface area (Å²) in [6.45, 7) is 2.06. The van der Waals surface area contributed by atoms with Crippen molar-refractivity contribution >= 4 is 21.8 Å². The van der Waals surface area contributed by atoms with Crippen molar-refractivity contribution in [2.75, 3.05) is 20.8 Å². The lowest BCUT2D eigenvalue weighted by Crippen LogP contribution is -2.68. The van der Waals surface area contributed by atoms with Crippen LogP contribution < -0.4 is 14.2 Å². The summed E-state index contributed by atoms with van der Waals surface area (Å²) in [6.07, 6.45) is 2.09. The summed E-state index contributed by atoms with van der Waals surface area (Å²) in [4.78, 5) is 26.3. The minimum atomic E-state index is -4.10. The molecule has 2 aliphatic rings. The lowest BCUT2D eigenvalue weighted by Gasteiger charge is -2.49. The molecule has 0 radical (unpaired) electrons. The fourth-order valence-corrected chi connectivity index (χ4v) is 4.06. The number of carbonyl (C=O) groups excluding carboxylic acids is 2. The molecule has 1 N–H and O–H groups in total. The molecule has 2 fully saturated rings. The second-order valence-electron chi connectivity index (χ2n) is 6.74. The zero-order valence-electron chi connectivity index (χ0n) is 14.9. The number of hydrogen-bond donors (Lipinski definition) is 1. The quantitative estimate of drug-likeness (QED) is 0.785. The fourth-order valence-electron chi connectivity index (χ4n) is 2.97. The lowest BCUT2D eigenvalue weighted by atomic mass is 9.85. The first-order valence-corrected chi connectivity index (χ1v) is 9.82. The van der Waals surface area contributed by atoms with Crippen molar-refractivity contribution in [2.45, 2.75) is 36.6 Å². The van der Waals surface area contributed by atoms with Crippen LogP contribution in [0.4, 0.5) is 0 Å². The van der Waals surface area contributed by atoms with Gasteiger partial charge in [0.25, 0.3) is 15.9 Å². The molecule has 0 bridgehead atoms. The molecule has 1 saturated carbocycles. The Kier molecular flexibility index (Phi) is 4.60. The summed E-state index contributed by atoms with van der Waals surface area (Å²) < 4.78 is 37.5. The van der Waals surface area contributed by atoms with Gasteiger partial charge in [-0.25, -0.2) is 13.1 Å². The molecule has 9 heteroatoms. The monoisotopic (exact) mass is 382 g/mol. The number of likely N-dealkylation sites (tertiary alicyclic amines) is 1. The fraction of sp³-hybridized carbons (Fsp3) is 0.529. The van der Waals surface area contributed by atoms with E-state index in [1.54, 1.807) is 6.92 Å². The highest BCUT2D eigenvalue weighted by molar-refractivity contribution is 7.90. The van der Waals surface area contributed by atoms with Crippen LogP contribution in [0.15, 0.2) is 23.1 Å². The van der Waals surface area contributed by atoms with Crippen LogP contribution in [0, 0.1) is 5.92 Å². The van der Waals surface area contributed by atoms with Crippen LogP contribution >= 0.6 is 0 Å². The van der Waals surface area contributed by atoms with Gasteiger partial charge in [-0.2, -0.15) is 0 Å². The van der Waals surface area contributed by atoms with Gasteiger partial charge in [-0.1, -0.05) is 0 Å². The molecule has 1 aliphatic heterocycles. The third-order valence-electron chi connectivity index (χ3n) is 4.99. The van der Waals surface area contributed by atoms with E-state index in [1.165, 1.54) is 37.3 Å². The average molecular weight is 382 g/mol. The third-order valence-corrected chi connectivity index (χ3v) is 6.32. The lowest BCUT2D eigenvalue weighted by molar-refractivity contribution is -0.157. The van der Waals surface area contributed by atoms with Crippen molar-refractivity contribution in [3.63, 3.8) is 0 Å². The van der Waals surface area contributed by atoms with Gasteiger partial charge in [-0.3, -0.25) is 9.59 Å². The summed E-state index contributed by atoms with van der Waals surface area (Å²) in [5.74, 6) is -0.178. The predicted octanol–water partition coefficient (Wildman–Crippen LogP) is 0.910. The van der Waals surface area contributed by atoms with Crippen molar-refractivity contribution < 1.29 is 27.5 Å². The number of nitrogens with zero attached hydrogens (tertiary/aromatic N) is 1. The molecule has 1 aromatic rings. The maximum absolute atomic E-state index is 12.6. The van der Waals surface area contributed by atoms with Crippen LogP contribution in [0.5, 0.6) is 11.5 Å². The average Bonchev–Trinajstić information content (AvgIpc) is 3.43. The molecule has 1 heterocycles. The summed E-state index contributed by atoms with van der Waals surface area (Å²) in [5, 5.41) is 0. The molecule has 3 rings (SSSR count). The Bertz CT molecular complexity index is 849. The highest BCUT2D eigenvalue weighted by Gasteiger charge is 2.53. The maximum Gasteiger partial charge on any atom is 0.264 e. The van der Waals surface area contributed by atoms with Gasteiger partial charge in [-0.15, -0.1) is 0 Å². The van der Waals surface area contributed by atoms with E-state index in [0.717, 1.165) is 12.8 Å². The first-order valence-electron chi connectivity index (χ1n) is 8.33. The summed E-state index contributed by atoms with van der Waals surface area (Å²) in [5.41, 5.74) is -1.14. The van der Waals surface area contributed by atoms with Crippen LogP contribution in [0.3, 0.4) is 0 Å². The molecule has 1 aliphatic carbocycles. The van der Waals surface area contributed by atoms with Crippen LogP contribution in [-0.4, -0.2) is 51.4 Å². The van der Waals surface area contributed by atoms with Crippen LogP contribution in [0.1, 0.15) is 26.2 Å². The summed E-state index contributed by atoms with van der Waals surface area (Å²) in [6, 6.07) is 4.06. The first-order chi connectivity index (χ1) is 12.2. The van der Waals surface area contributed by atoms with Gasteiger partial charge in [0.1, 0.15) is 5.54 Å². The molecule has 0 spiro atoms. The minimum Gasteiger partial charge on any atom is -0.493 e. The van der Waals surface area contributed by atoms with Gasteiger partial charge in [0.15, 0.2) is 11.5 Å². The number of methoxy groups -OCH3 is 2. The molecule has 0 aromatic heterocycles. The van der Waals surface area contributed by atoms with E-state index in [4.69, 9.17) is 9.47 Å². The molecule has 1 unspecified atom stereocenters. The highest BCUT2D eigenvalue weighted by Crippen LogP contribution is 2.39. The summed E-state index contributed by atoms with van der Waals surface area (Å²) in [7, 11) is -1.27. The van der Waals surface area contributed by atoms with Gasteiger partial charge in [0.05, 0.1) is 19.1 Å². The van der Waals surface area contributed by atoms with Gasteiger partial charge >= 0.3 is 0 Å². The number of carbonyl (C=O) groups is 2. The molecular formula is C17H22N2O6S. The number of nitrogens with one attached hydrogen (secondary N) is 1. The van der Waals surface area contributed by atoms with E-state index in [0.29, 0.717) is 18.7 Å². The van der Waals surface area contributed by atoms with Crippen LogP contribution in [0.25, 0.3) is 0 Å². The van der Waals surface area contributed by atoms with E-state index in [-0.39, 0.29) is 22.5 Å². The van der Waals surface area contributed by atoms with Crippen LogP contribution in [0.2, 0.25) is 0 Å². The van der Waals surface area contributed by atoms with E-state index < -0.39 is 21.5 Å². The third kappa shape index (κ3) is 3.11. The maximum atomic E-state index is 12.6. The molecule has 26 heavy (non-hydrogen) atoms. The zero-order valence-corrected chi connectivity index (χ0v) is 15.8. The van der Waals surface area contributed by atoms with E-state index in [1.807, 2.05) is 0 Å². The molecular weight excluding hydrogens is 360 g/mol. The van der Waals surface area contributed by atoms with E-state index >= 15 is 0 Å². The minimum absolute atomic E-state index is 0.0233. The molecule has 1 saturated heterocycles. The number of hydrogen-bond acceptors (Lipinski definition) is 6. The Morgan fingerprint density at radius 3 is 2.35 bits per heavy atom. The molecule has 142 valence electrons. The second kappa shape index (κ2) is 6.46. The number of amides is 2. The predicted molar refractivity (Wildman–Crippen MR) is 92.3 cm³/mol. The number of sulfonamides is 1. The molecule has 1 atom stereocenters. The second-order valence-corrected chi connectivity index (χ2v) is 8.42. The van der Waals surface area contributed by atoms with Crippen molar-refractivity contribution in [3.8, 4) is 11.5 Å². The van der Waals surface area contributed by atoms with Crippen molar-refractivity contribution in [2.24, 2.45) is 5.92 Å². The standard InChI is InChI=1S/C17H22N2O6S/c1-17(8-9-19(17)15(20)11-4-5-11)16(21)18-26(22,23)12-6-7-13(24-2)14(10-12)25-3/h6-7,10-11H,4-5,8-9H2,1-3H3,(H,18,21). The highest BCUT2D eigenvalue weighted by atomic mass is 32.2. The number of benzene rings is 1. The zero-order chi connectivity index (χ0) is 19.1. The van der Waals surface area contributed by atoms with Crippen molar-refractivity contribution in [1.29, 1.82) is 0 Å². The van der Waals surface area contributed by atoms with Crippen LogP contribution in [-0.2, 0) is 19.6 Å². The van der Waals surface area contributed by atoms with Gasteiger partial charge in [0, 0.05) is 18.5 Å². The number of rotatable bonds is 6. The first kappa shape index (κ1) is 18.5. The Hall–Kier alpha value is -2.29. The van der Waals surface area contributed by atoms with E-state index in [9.17, 15) is 18.0 Å².